The number of halogens is 1. The Hall–Kier alpha value is -2.07. The van der Waals surface area contributed by atoms with Gasteiger partial charge in [-0.2, -0.15) is 0 Å². The number of pyridine rings is 1. The van der Waals surface area contributed by atoms with E-state index >= 15 is 0 Å². The monoisotopic (exact) mass is 288 g/mol. The Bertz CT molecular complexity index is 645. The van der Waals surface area contributed by atoms with Crippen LogP contribution in [-0.4, -0.2) is 24.0 Å². The number of aromatic nitrogens is 1. The maximum absolute atomic E-state index is 12.7. The van der Waals surface area contributed by atoms with Crippen LogP contribution in [0.15, 0.2) is 42.6 Å². The second-order valence-corrected chi connectivity index (χ2v) is 4.88. The van der Waals surface area contributed by atoms with Gasteiger partial charge < -0.3 is 9.64 Å². The number of amides is 1. The van der Waals surface area contributed by atoms with Gasteiger partial charge in [0.25, 0.3) is 5.91 Å². The second kappa shape index (κ2) is 5.51. The molecule has 1 amide bonds. The Morgan fingerprint density at radius 2 is 2.15 bits per heavy atom. The third kappa shape index (κ3) is 2.47. The number of carbonyl (C=O) groups is 1. The van der Waals surface area contributed by atoms with Crippen LogP contribution in [0.2, 0.25) is 5.15 Å². The lowest BCUT2D eigenvalue weighted by Crippen LogP contribution is -2.31. The summed E-state index contributed by atoms with van der Waals surface area (Å²) >= 11 is 5.85. The molecule has 1 aliphatic heterocycles. The minimum absolute atomic E-state index is 0.0905. The van der Waals surface area contributed by atoms with Crippen molar-refractivity contribution in [2.24, 2.45) is 0 Å². The van der Waals surface area contributed by atoms with Crippen molar-refractivity contribution in [3.63, 3.8) is 0 Å². The summed E-state index contributed by atoms with van der Waals surface area (Å²) in [5.74, 6) is 0.644. The molecule has 0 radical (unpaired) electrons. The first-order valence-electron chi connectivity index (χ1n) is 6.41. The van der Waals surface area contributed by atoms with Crippen LogP contribution in [0.4, 0.5) is 5.69 Å². The lowest BCUT2D eigenvalue weighted by atomic mass is 10.2. The zero-order chi connectivity index (χ0) is 13.9. The number of fused-ring (bicyclic) bond motifs is 1. The topological polar surface area (TPSA) is 42.4 Å². The zero-order valence-electron chi connectivity index (χ0n) is 10.8. The molecule has 0 saturated heterocycles. The summed E-state index contributed by atoms with van der Waals surface area (Å²) in [6.45, 7) is 1.23. The van der Waals surface area contributed by atoms with Crippen LogP contribution in [0.3, 0.4) is 0 Å². The number of carbonyl (C=O) groups excluding carboxylic acids is 1. The molecule has 2 heterocycles. The number of ether oxygens (including phenoxy) is 1. The molecule has 5 heteroatoms. The maximum Gasteiger partial charge on any atom is 0.258 e. The van der Waals surface area contributed by atoms with Gasteiger partial charge in [0, 0.05) is 18.3 Å². The van der Waals surface area contributed by atoms with E-state index in [0.717, 1.165) is 17.9 Å². The largest absolute Gasteiger partial charge is 0.491 e. The number of para-hydroxylation sites is 2. The average Bonchev–Trinajstić information content (AvgIpc) is 2.69. The highest BCUT2D eigenvalue weighted by Gasteiger charge is 2.23. The molecule has 2 aromatic rings. The molecule has 4 nitrogen and oxygen atoms in total. The summed E-state index contributed by atoms with van der Waals surface area (Å²) < 4.78 is 5.66. The summed E-state index contributed by atoms with van der Waals surface area (Å²) in [7, 11) is 0. The Morgan fingerprint density at radius 1 is 1.30 bits per heavy atom. The molecule has 3 rings (SSSR count). The predicted octanol–water partition coefficient (Wildman–Crippen LogP) is 3.16. The summed E-state index contributed by atoms with van der Waals surface area (Å²) in [6, 6.07) is 10.8. The van der Waals surface area contributed by atoms with Crippen LogP contribution in [0.5, 0.6) is 5.75 Å². The molecule has 0 aliphatic carbocycles. The predicted molar refractivity (Wildman–Crippen MR) is 77.5 cm³/mol. The number of hydrogen-bond donors (Lipinski definition) is 0. The van der Waals surface area contributed by atoms with E-state index in [2.05, 4.69) is 4.98 Å². The average molecular weight is 289 g/mol. The van der Waals surface area contributed by atoms with Gasteiger partial charge in [-0.15, -0.1) is 0 Å². The highest BCUT2D eigenvalue weighted by atomic mass is 35.5. The smallest absolute Gasteiger partial charge is 0.258 e. The Morgan fingerprint density at radius 3 is 3.00 bits per heavy atom. The Balaban J connectivity index is 1.99. The second-order valence-electron chi connectivity index (χ2n) is 4.49. The van der Waals surface area contributed by atoms with Crippen LogP contribution in [0, 0.1) is 0 Å². The van der Waals surface area contributed by atoms with Gasteiger partial charge in [-0.1, -0.05) is 23.7 Å². The van der Waals surface area contributed by atoms with E-state index in [0.29, 0.717) is 23.9 Å². The first-order chi connectivity index (χ1) is 9.75. The molecule has 1 aromatic carbocycles. The minimum Gasteiger partial charge on any atom is -0.491 e. The fourth-order valence-electron chi connectivity index (χ4n) is 2.23. The Kier molecular flexibility index (Phi) is 3.56. The van der Waals surface area contributed by atoms with Crippen molar-refractivity contribution >= 4 is 23.2 Å². The standard InChI is InChI=1S/C15H13ClN2O2/c16-14-10-11(6-7-17-14)15(19)18-8-3-9-20-13-5-2-1-4-12(13)18/h1-2,4-7,10H,3,8-9H2. The van der Waals surface area contributed by atoms with E-state index in [1.165, 1.54) is 6.20 Å². The number of hydrogen-bond acceptors (Lipinski definition) is 3. The van der Waals surface area contributed by atoms with Crippen LogP contribution < -0.4 is 9.64 Å². The van der Waals surface area contributed by atoms with Gasteiger partial charge in [0.2, 0.25) is 0 Å². The Labute approximate surface area is 122 Å². The molecule has 0 unspecified atom stereocenters. The van der Waals surface area contributed by atoms with Crippen LogP contribution in [-0.2, 0) is 0 Å². The fourth-order valence-corrected chi connectivity index (χ4v) is 2.40. The molecular formula is C15H13ClN2O2. The van der Waals surface area contributed by atoms with E-state index in [9.17, 15) is 4.79 Å². The van der Waals surface area contributed by atoms with E-state index in [4.69, 9.17) is 16.3 Å². The van der Waals surface area contributed by atoms with Gasteiger partial charge in [-0.3, -0.25) is 4.79 Å². The van der Waals surface area contributed by atoms with Gasteiger partial charge >= 0.3 is 0 Å². The maximum atomic E-state index is 12.7. The van der Waals surface area contributed by atoms with Crippen molar-refractivity contribution < 1.29 is 9.53 Å². The van der Waals surface area contributed by atoms with Crippen LogP contribution in [0.25, 0.3) is 0 Å². The highest BCUT2D eigenvalue weighted by molar-refractivity contribution is 6.29. The first kappa shape index (κ1) is 12.9. The SMILES string of the molecule is O=C(c1ccnc(Cl)c1)N1CCCOc2ccccc21. The third-order valence-electron chi connectivity index (χ3n) is 3.16. The summed E-state index contributed by atoms with van der Waals surface area (Å²) in [5, 5.41) is 0.315. The van der Waals surface area contributed by atoms with Gasteiger partial charge in [0.15, 0.2) is 0 Å². The van der Waals surface area contributed by atoms with Crippen molar-refractivity contribution in [1.82, 2.24) is 4.98 Å². The zero-order valence-corrected chi connectivity index (χ0v) is 11.5. The minimum atomic E-state index is -0.0905. The van der Waals surface area contributed by atoms with Crippen molar-refractivity contribution in [3.8, 4) is 5.75 Å². The van der Waals surface area contributed by atoms with Crippen molar-refractivity contribution in [1.29, 1.82) is 0 Å². The summed E-state index contributed by atoms with van der Waals surface area (Å²) in [5.41, 5.74) is 1.32. The van der Waals surface area contributed by atoms with Crippen molar-refractivity contribution in [3.05, 3.63) is 53.3 Å². The van der Waals surface area contributed by atoms with Gasteiger partial charge in [0.1, 0.15) is 10.9 Å². The van der Waals surface area contributed by atoms with E-state index < -0.39 is 0 Å². The number of nitrogens with zero attached hydrogens (tertiary/aromatic N) is 2. The lowest BCUT2D eigenvalue weighted by Gasteiger charge is -2.21. The van der Waals surface area contributed by atoms with Crippen molar-refractivity contribution in [2.45, 2.75) is 6.42 Å². The summed E-state index contributed by atoms with van der Waals surface area (Å²) in [6.07, 6.45) is 2.33. The molecule has 0 fully saturated rings. The highest BCUT2D eigenvalue weighted by Crippen LogP contribution is 2.31. The van der Waals surface area contributed by atoms with Crippen LogP contribution >= 0.6 is 11.6 Å². The molecule has 0 bridgehead atoms. The molecule has 1 aromatic heterocycles. The van der Waals surface area contributed by atoms with Gasteiger partial charge in [-0.25, -0.2) is 4.98 Å². The number of anilines is 1. The van der Waals surface area contributed by atoms with Crippen molar-refractivity contribution in [2.75, 3.05) is 18.1 Å². The molecule has 20 heavy (non-hydrogen) atoms. The molecule has 0 N–H and O–H groups in total. The summed E-state index contributed by atoms with van der Waals surface area (Å²) in [4.78, 5) is 18.3. The number of benzene rings is 1. The molecule has 0 saturated carbocycles. The molecule has 0 atom stereocenters. The van der Waals surface area contributed by atoms with E-state index in [-0.39, 0.29) is 5.91 Å². The normalized spacial score (nSPS) is 14.2. The van der Waals surface area contributed by atoms with Crippen LogP contribution in [0.1, 0.15) is 16.8 Å². The van der Waals surface area contributed by atoms with E-state index in [1.807, 2.05) is 24.3 Å². The number of rotatable bonds is 1. The molecular weight excluding hydrogens is 276 g/mol. The molecule has 102 valence electrons. The van der Waals surface area contributed by atoms with E-state index in [1.54, 1.807) is 17.0 Å². The lowest BCUT2D eigenvalue weighted by molar-refractivity contribution is 0.0987. The van der Waals surface area contributed by atoms with Gasteiger partial charge in [-0.05, 0) is 30.7 Å². The quantitative estimate of drug-likeness (QED) is 0.757. The first-order valence-corrected chi connectivity index (χ1v) is 6.79. The molecule has 1 aliphatic rings. The molecule has 0 spiro atoms. The fraction of sp³-hybridized carbons (Fsp3) is 0.200. The third-order valence-corrected chi connectivity index (χ3v) is 3.37. The van der Waals surface area contributed by atoms with Gasteiger partial charge in [0.05, 0.1) is 12.3 Å².